The summed E-state index contributed by atoms with van der Waals surface area (Å²) in [6.07, 6.45) is 0. The molecule has 1 saturated heterocycles. The number of hydrogen-bond acceptors (Lipinski definition) is 5. The fourth-order valence-corrected chi connectivity index (χ4v) is 2.07. The minimum absolute atomic E-state index is 0.309. The molecule has 0 amide bonds. The standard InChI is InChI=1S/C13H17FN4O/c1-10-9-19-7-6-18(10)5-4-16-13-11(8-15)2-3-12(14)17-13/h2-3,10H,4-7,9H2,1H3,(H,16,17). The van der Waals surface area contributed by atoms with Gasteiger partial charge in [-0.3, -0.25) is 4.90 Å². The molecule has 1 unspecified atom stereocenters. The summed E-state index contributed by atoms with van der Waals surface area (Å²) in [6, 6.07) is 5.00. The van der Waals surface area contributed by atoms with Crippen molar-refractivity contribution in [2.24, 2.45) is 0 Å². The molecule has 1 atom stereocenters. The van der Waals surface area contributed by atoms with E-state index in [-0.39, 0.29) is 0 Å². The predicted molar refractivity (Wildman–Crippen MR) is 69.3 cm³/mol. The molecule has 102 valence electrons. The first-order chi connectivity index (χ1) is 9.20. The summed E-state index contributed by atoms with van der Waals surface area (Å²) in [5.74, 6) is -0.273. The lowest BCUT2D eigenvalue weighted by Crippen LogP contribution is -2.45. The molecule has 0 aromatic carbocycles. The molecule has 5 nitrogen and oxygen atoms in total. The van der Waals surface area contributed by atoms with Crippen molar-refractivity contribution in [3.63, 3.8) is 0 Å². The van der Waals surface area contributed by atoms with Crippen LogP contribution in [0.4, 0.5) is 10.2 Å². The molecule has 1 aliphatic rings. The lowest BCUT2D eigenvalue weighted by Gasteiger charge is -2.33. The van der Waals surface area contributed by atoms with Gasteiger partial charge in [-0.1, -0.05) is 0 Å². The molecule has 2 heterocycles. The Morgan fingerprint density at radius 1 is 1.63 bits per heavy atom. The topological polar surface area (TPSA) is 61.2 Å². The Balaban J connectivity index is 1.88. The van der Waals surface area contributed by atoms with E-state index >= 15 is 0 Å². The highest BCUT2D eigenvalue weighted by Gasteiger charge is 2.18. The second-order valence-corrected chi connectivity index (χ2v) is 4.53. The molecule has 0 radical (unpaired) electrons. The zero-order chi connectivity index (χ0) is 13.7. The van der Waals surface area contributed by atoms with E-state index in [1.165, 1.54) is 12.1 Å². The maximum atomic E-state index is 13.0. The Bertz CT molecular complexity index is 474. The molecule has 1 aromatic rings. The Morgan fingerprint density at radius 3 is 3.21 bits per heavy atom. The van der Waals surface area contributed by atoms with Crippen molar-refractivity contribution in [3.8, 4) is 6.07 Å². The number of nitrogens with one attached hydrogen (secondary N) is 1. The van der Waals surface area contributed by atoms with Gasteiger partial charge in [-0.05, 0) is 19.1 Å². The molecule has 0 saturated carbocycles. The molecular formula is C13H17FN4O. The van der Waals surface area contributed by atoms with E-state index in [2.05, 4.69) is 22.1 Å². The summed E-state index contributed by atoms with van der Waals surface area (Å²) in [7, 11) is 0. The largest absolute Gasteiger partial charge is 0.379 e. The summed E-state index contributed by atoms with van der Waals surface area (Å²) >= 11 is 0. The van der Waals surface area contributed by atoms with Gasteiger partial charge in [0, 0.05) is 25.7 Å². The van der Waals surface area contributed by atoms with E-state index in [1.807, 2.05) is 6.07 Å². The summed E-state index contributed by atoms with van der Waals surface area (Å²) in [5.41, 5.74) is 0.358. The first kappa shape index (κ1) is 13.7. The molecule has 19 heavy (non-hydrogen) atoms. The van der Waals surface area contributed by atoms with Crippen molar-refractivity contribution in [2.45, 2.75) is 13.0 Å². The molecule has 1 aliphatic heterocycles. The molecule has 6 heteroatoms. The van der Waals surface area contributed by atoms with Gasteiger partial charge >= 0.3 is 0 Å². The zero-order valence-electron chi connectivity index (χ0n) is 10.9. The highest BCUT2D eigenvalue weighted by atomic mass is 19.1. The Hall–Kier alpha value is -1.71. The van der Waals surface area contributed by atoms with Crippen molar-refractivity contribution >= 4 is 5.82 Å². The number of nitriles is 1. The van der Waals surface area contributed by atoms with Crippen LogP contribution in [0.2, 0.25) is 0 Å². The average Bonchev–Trinajstić information content (AvgIpc) is 2.41. The van der Waals surface area contributed by atoms with Crippen LogP contribution in [0.25, 0.3) is 0 Å². The van der Waals surface area contributed by atoms with Crippen molar-refractivity contribution in [2.75, 3.05) is 38.2 Å². The second kappa shape index (κ2) is 6.45. The molecule has 1 aromatic heterocycles. The monoisotopic (exact) mass is 264 g/mol. The van der Waals surface area contributed by atoms with E-state index in [9.17, 15) is 4.39 Å². The molecule has 1 N–H and O–H groups in total. The highest BCUT2D eigenvalue weighted by Crippen LogP contribution is 2.12. The van der Waals surface area contributed by atoms with Gasteiger partial charge in [0.25, 0.3) is 0 Å². The quantitative estimate of drug-likeness (QED) is 0.829. The Labute approximate surface area is 112 Å². The average molecular weight is 264 g/mol. The number of aromatic nitrogens is 1. The third-order valence-electron chi connectivity index (χ3n) is 3.18. The second-order valence-electron chi connectivity index (χ2n) is 4.53. The predicted octanol–water partition coefficient (Wildman–Crippen LogP) is 1.22. The highest BCUT2D eigenvalue weighted by molar-refractivity contribution is 5.51. The fourth-order valence-electron chi connectivity index (χ4n) is 2.07. The first-order valence-electron chi connectivity index (χ1n) is 6.33. The number of halogens is 1. The van der Waals surface area contributed by atoms with Gasteiger partial charge in [0.2, 0.25) is 5.95 Å². The summed E-state index contributed by atoms with van der Waals surface area (Å²) < 4.78 is 18.4. The molecule has 0 bridgehead atoms. The van der Waals surface area contributed by atoms with E-state index in [1.54, 1.807) is 0 Å². The third kappa shape index (κ3) is 3.63. The number of hydrogen-bond donors (Lipinski definition) is 1. The van der Waals surface area contributed by atoms with Crippen LogP contribution in [-0.2, 0) is 4.74 Å². The zero-order valence-corrected chi connectivity index (χ0v) is 10.9. The van der Waals surface area contributed by atoms with Gasteiger partial charge in [0.15, 0.2) is 0 Å². The third-order valence-corrected chi connectivity index (χ3v) is 3.18. The van der Waals surface area contributed by atoms with E-state index in [0.29, 0.717) is 24.0 Å². The van der Waals surface area contributed by atoms with Gasteiger partial charge in [0.1, 0.15) is 11.9 Å². The van der Waals surface area contributed by atoms with Crippen LogP contribution in [-0.4, -0.2) is 48.8 Å². The van der Waals surface area contributed by atoms with E-state index in [4.69, 9.17) is 10.00 Å². The van der Waals surface area contributed by atoms with Crippen molar-refractivity contribution in [3.05, 3.63) is 23.6 Å². The number of pyridine rings is 1. The maximum Gasteiger partial charge on any atom is 0.214 e. The molecular weight excluding hydrogens is 247 g/mol. The molecule has 0 aliphatic carbocycles. The van der Waals surface area contributed by atoms with Gasteiger partial charge in [-0.2, -0.15) is 9.65 Å². The van der Waals surface area contributed by atoms with Crippen LogP contribution in [0.15, 0.2) is 12.1 Å². The minimum Gasteiger partial charge on any atom is -0.379 e. The molecule has 0 spiro atoms. The maximum absolute atomic E-state index is 13.0. The molecule has 2 rings (SSSR count). The van der Waals surface area contributed by atoms with Gasteiger partial charge in [0.05, 0.1) is 18.8 Å². The lowest BCUT2D eigenvalue weighted by atomic mass is 10.2. The van der Waals surface area contributed by atoms with Gasteiger partial charge in [-0.25, -0.2) is 4.98 Å². The van der Waals surface area contributed by atoms with Gasteiger partial charge in [-0.15, -0.1) is 0 Å². The minimum atomic E-state index is -0.582. The van der Waals surface area contributed by atoms with Crippen LogP contribution in [0, 0.1) is 17.3 Å². The summed E-state index contributed by atoms with van der Waals surface area (Å²) in [5, 5.41) is 11.9. The smallest absolute Gasteiger partial charge is 0.214 e. The van der Waals surface area contributed by atoms with Crippen LogP contribution in [0.1, 0.15) is 12.5 Å². The number of rotatable bonds is 4. The summed E-state index contributed by atoms with van der Waals surface area (Å²) in [6.45, 7) is 5.92. The van der Waals surface area contributed by atoms with Crippen LogP contribution in [0.5, 0.6) is 0 Å². The number of ether oxygens (including phenoxy) is 1. The van der Waals surface area contributed by atoms with Crippen molar-refractivity contribution in [1.82, 2.24) is 9.88 Å². The lowest BCUT2D eigenvalue weighted by molar-refractivity contribution is 0.00181. The van der Waals surface area contributed by atoms with Crippen LogP contribution in [0.3, 0.4) is 0 Å². The Kier molecular flexibility index (Phi) is 4.66. The number of morpholine rings is 1. The fraction of sp³-hybridized carbons (Fsp3) is 0.538. The number of anilines is 1. The normalized spacial score (nSPS) is 19.9. The SMILES string of the molecule is CC1COCCN1CCNc1nc(F)ccc1C#N. The van der Waals surface area contributed by atoms with Gasteiger partial charge < -0.3 is 10.1 Å². The number of nitrogens with zero attached hydrogens (tertiary/aromatic N) is 3. The van der Waals surface area contributed by atoms with Crippen LogP contribution < -0.4 is 5.32 Å². The van der Waals surface area contributed by atoms with Crippen LogP contribution >= 0.6 is 0 Å². The summed E-state index contributed by atoms with van der Waals surface area (Å²) in [4.78, 5) is 6.00. The van der Waals surface area contributed by atoms with E-state index < -0.39 is 5.95 Å². The Morgan fingerprint density at radius 2 is 2.47 bits per heavy atom. The van der Waals surface area contributed by atoms with E-state index in [0.717, 1.165) is 26.3 Å². The molecule has 1 fully saturated rings. The van der Waals surface area contributed by atoms with Crippen molar-refractivity contribution < 1.29 is 9.13 Å². The van der Waals surface area contributed by atoms with Crippen molar-refractivity contribution in [1.29, 1.82) is 5.26 Å². The first-order valence-corrected chi connectivity index (χ1v) is 6.33.